The molecule has 0 heterocycles. The Kier molecular flexibility index (Phi) is 4.00. The highest BCUT2D eigenvalue weighted by molar-refractivity contribution is 5.84. The van der Waals surface area contributed by atoms with Crippen LogP contribution >= 0.6 is 0 Å². The zero-order chi connectivity index (χ0) is 14.9. The largest absolute Gasteiger partial charge is 0.371 e. The van der Waals surface area contributed by atoms with Gasteiger partial charge in [0.05, 0.1) is 12.7 Å². The number of ether oxygens (including phenoxy) is 1. The lowest BCUT2D eigenvalue weighted by Gasteiger charge is -2.32. The van der Waals surface area contributed by atoms with E-state index < -0.39 is 5.54 Å². The van der Waals surface area contributed by atoms with E-state index in [1.807, 2.05) is 6.92 Å². The standard InChI is InChI=1S/C17H24N2O2/c1-17(16(18)20,19-13-9-10-13)11-21-15-8-4-6-12-5-2-3-7-14(12)15/h2-3,5,7,13,15,19H,4,6,8-11H2,1H3,(H2,18,20). The Hall–Kier alpha value is -1.39. The average Bonchev–Trinajstić information content (AvgIpc) is 3.28. The van der Waals surface area contributed by atoms with Gasteiger partial charge < -0.3 is 10.5 Å². The first kappa shape index (κ1) is 14.5. The first-order chi connectivity index (χ1) is 10.1. The number of carbonyl (C=O) groups excluding carboxylic acids is 1. The number of hydrogen-bond donors (Lipinski definition) is 2. The maximum absolute atomic E-state index is 11.8. The van der Waals surface area contributed by atoms with Crippen molar-refractivity contribution >= 4 is 5.91 Å². The highest BCUT2D eigenvalue weighted by Gasteiger charge is 2.38. The van der Waals surface area contributed by atoms with Crippen LogP contribution in [0.15, 0.2) is 24.3 Å². The molecule has 1 fully saturated rings. The summed E-state index contributed by atoms with van der Waals surface area (Å²) < 4.78 is 6.10. The molecule has 3 rings (SSSR count). The maximum atomic E-state index is 11.8. The number of nitrogens with one attached hydrogen (secondary N) is 1. The molecule has 4 heteroatoms. The van der Waals surface area contributed by atoms with Gasteiger partial charge in [0.1, 0.15) is 5.54 Å². The molecule has 1 saturated carbocycles. The Morgan fingerprint density at radius 3 is 2.86 bits per heavy atom. The summed E-state index contributed by atoms with van der Waals surface area (Å²) in [4.78, 5) is 11.8. The van der Waals surface area contributed by atoms with Crippen LogP contribution in [0.25, 0.3) is 0 Å². The molecule has 4 nitrogen and oxygen atoms in total. The molecule has 1 amide bonds. The topological polar surface area (TPSA) is 64.3 Å². The van der Waals surface area contributed by atoms with Crippen molar-refractivity contribution in [2.45, 2.75) is 56.7 Å². The molecule has 0 aliphatic heterocycles. The summed E-state index contributed by atoms with van der Waals surface area (Å²) in [6, 6.07) is 8.85. The Labute approximate surface area is 126 Å². The molecule has 0 spiro atoms. The number of primary amides is 1. The quantitative estimate of drug-likeness (QED) is 0.842. The summed E-state index contributed by atoms with van der Waals surface area (Å²) in [5, 5.41) is 3.33. The fraction of sp³-hybridized carbons (Fsp3) is 0.588. The third-order valence-electron chi connectivity index (χ3n) is 4.53. The van der Waals surface area contributed by atoms with Crippen molar-refractivity contribution < 1.29 is 9.53 Å². The number of fused-ring (bicyclic) bond motifs is 1. The summed E-state index contributed by atoms with van der Waals surface area (Å²) in [6.45, 7) is 2.18. The minimum Gasteiger partial charge on any atom is -0.371 e. The molecule has 0 saturated heterocycles. The molecule has 0 aromatic heterocycles. The van der Waals surface area contributed by atoms with Gasteiger partial charge in [0, 0.05) is 6.04 Å². The number of hydrogen-bond acceptors (Lipinski definition) is 3. The van der Waals surface area contributed by atoms with Gasteiger partial charge in [-0.15, -0.1) is 0 Å². The minimum absolute atomic E-state index is 0.0784. The van der Waals surface area contributed by atoms with Crippen LogP contribution in [0.5, 0.6) is 0 Å². The van der Waals surface area contributed by atoms with E-state index in [9.17, 15) is 4.79 Å². The molecule has 0 radical (unpaired) electrons. The van der Waals surface area contributed by atoms with Gasteiger partial charge in [-0.1, -0.05) is 24.3 Å². The van der Waals surface area contributed by atoms with Crippen LogP contribution in [-0.2, 0) is 16.0 Å². The van der Waals surface area contributed by atoms with Crippen LogP contribution in [0.4, 0.5) is 0 Å². The zero-order valence-electron chi connectivity index (χ0n) is 12.6. The number of carbonyl (C=O) groups is 1. The third-order valence-corrected chi connectivity index (χ3v) is 4.53. The van der Waals surface area contributed by atoms with Gasteiger partial charge in [0.25, 0.3) is 0 Å². The van der Waals surface area contributed by atoms with E-state index in [2.05, 4.69) is 29.6 Å². The van der Waals surface area contributed by atoms with E-state index in [1.165, 1.54) is 11.1 Å². The summed E-state index contributed by atoms with van der Waals surface area (Å²) >= 11 is 0. The number of nitrogens with two attached hydrogens (primary N) is 1. The van der Waals surface area contributed by atoms with Crippen molar-refractivity contribution in [1.82, 2.24) is 5.32 Å². The Morgan fingerprint density at radius 2 is 2.14 bits per heavy atom. The molecule has 21 heavy (non-hydrogen) atoms. The first-order valence-corrected chi connectivity index (χ1v) is 7.85. The van der Waals surface area contributed by atoms with Crippen molar-refractivity contribution in [3.8, 4) is 0 Å². The van der Waals surface area contributed by atoms with Gasteiger partial charge in [-0.05, 0) is 50.2 Å². The highest BCUT2D eigenvalue weighted by atomic mass is 16.5. The lowest BCUT2D eigenvalue weighted by atomic mass is 9.89. The van der Waals surface area contributed by atoms with Gasteiger partial charge in [-0.2, -0.15) is 0 Å². The fourth-order valence-corrected chi connectivity index (χ4v) is 3.01. The molecule has 2 aliphatic carbocycles. The summed E-state index contributed by atoms with van der Waals surface area (Å²) in [5.41, 5.74) is 7.44. The molecule has 3 N–H and O–H groups in total. The molecular weight excluding hydrogens is 264 g/mol. The van der Waals surface area contributed by atoms with Gasteiger partial charge >= 0.3 is 0 Å². The van der Waals surface area contributed by atoms with E-state index in [1.54, 1.807) is 0 Å². The molecule has 1 aromatic rings. The molecule has 1 aromatic carbocycles. The van der Waals surface area contributed by atoms with Crippen molar-refractivity contribution in [3.63, 3.8) is 0 Å². The average molecular weight is 288 g/mol. The smallest absolute Gasteiger partial charge is 0.239 e. The van der Waals surface area contributed by atoms with Crippen LogP contribution in [0.1, 0.15) is 49.8 Å². The van der Waals surface area contributed by atoms with Crippen molar-refractivity contribution in [1.29, 1.82) is 0 Å². The van der Waals surface area contributed by atoms with Crippen molar-refractivity contribution in [2.24, 2.45) is 5.73 Å². The second kappa shape index (κ2) is 5.78. The minimum atomic E-state index is -0.770. The molecular formula is C17H24N2O2. The van der Waals surface area contributed by atoms with E-state index in [4.69, 9.17) is 10.5 Å². The Balaban J connectivity index is 1.67. The molecule has 2 atom stereocenters. The maximum Gasteiger partial charge on any atom is 0.239 e. The van der Waals surface area contributed by atoms with E-state index in [-0.39, 0.29) is 12.0 Å². The predicted molar refractivity (Wildman–Crippen MR) is 81.8 cm³/mol. The number of amides is 1. The number of rotatable bonds is 6. The van der Waals surface area contributed by atoms with Crippen LogP contribution in [-0.4, -0.2) is 24.1 Å². The summed E-state index contributed by atoms with van der Waals surface area (Å²) in [7, 11) is 0. The normalized spacial score (nSPS) is 24.1. The van der Waals surface area contributed by atoms with Gasteiger partial charge in [0.15, 0.2) is 0 Å². The number of aryl methyl sites for hydroxylation is 1. The van der Waals surface area contributed by atoms with Crippen LogP contribution in [0, 0.1) is 0 Å². The Morgan fingerprint density at radius 1 is 1.38 bits per heavy atom. The van der Waals surface area contributed by atoms with E-state index in [0.29, 0.717) is 12.6 Å². The Bertz CT molecular complexity index is 527. The highest BCUT2D eigenvalue weighted by Crippen LogP contribution is 2.33. The molecule has 2 unspecified atom stereocenters. The SMILES string of the molecule is CC(COC1CCCc2ccccc21)(NC1CC1)C(N)=O. The second-order valence-corrected chi connectivity index (χ2v) is 6.51. The zero-order valence-corrected chi connectivity index (χ0v) is 12.6. The van der Waals surface area contributed by atoms with Crippen LogP contribution < -0.4 is 11.1 Å². The second-order valence-electron chi connectivity index (χ2n) is 6.51. The van der Waals surface area contributed by atoms with Crippen molar-refractivity contribution in [2.75, 3.05) is 6.61 Å². The third kappa shape index (κ3) is 3.27. The molecule has 0 bridgehead atoms. The van der Waals surface area contributed by atoms with Gasteiger partial charge in [-0.3, -0.25) is 10.1 Å². The van der Waals surface area contributed by atoms with Crippen molar-refractivity contribution in [3.05, 3.63) is 35.4 Å². The monoisotopic (exact) mass is 288 g/mol. The van der Waals surface area contributed by atoms with Crippen LogP contribution in [0.2, 0.25) is 0 Å². The van der Waals surface area contributed by atoms with E-state index >= 15 is 0 Å². The fourth-order valence-electron chi connectivity index (χ4n) is 3.01. The van der Waals surface area contributed by atoms with E-state index in [0.717, 1.165) is 32.1 Å². The van der Waals surface area contributed by atoms with Gasteiger partial charge in [0.2, 0.25) is 5.91 Å². The lowest BCUT2D eigenvalue weighted by Crippen LogP contribution is -2.57. The molecule has 2 aliphatic rings. The summed E-state index contributed by atoms with van der Waals surface area (Å²) in [6.07, 6.45) is 5.57. The van der Waals surface area contributed by atoms with Gasteiger partial charge in [-0.25, -0.2) is 0 Å². The lowest BCUT2D eigenvalue weighted by molar-refractivity contribution is -0.127. The predicted octanol–water partition coefficient (Wildman–Crippen LogP) is 2.08. The van der Waals surface area contributed by atoms with Crippen LogP contribution in [0.3, 0.4) is 0 Å². The number of benzene rings is 1. The first-order valence-electron chi connectivity index (χ1n) is 7.85. The molecule has 114 valence electrons. The summed E-state index contributed by atoms with van der Waals surface area (Å²) in [5.74, 6) is -0.335.